The SMILES string of the molecule is CCNC(C)(CCCCOc1ccc(CC)cc1)C(N)=O. The van der Waals surface area contributed by atoms with Crippen LogP contribution in [0.1, 0.15) is 45.6 Å². The normalized spacial score (nSPS) is 13.7. The average Bonchev–Trinajstić information content (AvgIpc) is 2.47. The second-order valence-electron chi connectivity index (χ2n) is 5.53. The molecule has 0 heterocycles. The molecule has 0 fully saturated rings. The van der Waals surface area contributed by atoms with Crippen LogP contribution in [0.2, 0.25) is 0 Å². The van der Waals surface area contributed by atoms with Crippen LogP contribution in [0.5, 0.6) is 5.75 Å². The number of carbonyl (C=O) groups is 1. The molecular formula is C17H28N2O2. The van der Waals surface area contributed by atoms with Crippen molar-refractivity contribution in [2.75, 3.05) is 13.2 Å². The first kappa shape index (κ1) is 17.5. The number of ether oxygens (including phenoxy) is 1. The third-order valence-corrected chi connectivity index (χ3v) is 3.78. The smallest absolute Gasteiger partial charge is 0.237 e. The standard InChI is InChI=1S/C17H28N2O2/c1-4-14-8-10-15(11-9-14)21-13-7-6-12-17(3,16(18)20)19-5-2/h8-11,19H,4-7,12-13H2,1-3H3,(H2,18,20). The Morgan fingerprint density at radius 2 is 1.90 bits per heavy atom. The number of hydrogen-bond donors (Lipinski definition) is 2. The lowest BCUT2D eigenvalue weighted by molar-refractivity contribution is -0.124. The molecule has 4 nitrogen and oxygen atoms in total. The number of nitrogens with one attached hydrogen (secondary N) is 1. The van der Waals surface area contributed by atoms with Gasteiger partial charge in [-0.05, 0) is 56.8 Å². The molecule has 1 aromatic rings. The van der Waals surface area contributed by atoms with Crippen molar-refractivity contribution in [2.24, 2.45) is 5.73 Å². The van der Waals surface area contributed by atoms with Gasteiger partial charge >= 0.3 is 0 Å². The highest BCUT2D eigenvalue weighted by atomic mass is 16.5. The second kappa shape index (κ2) is 8.67. The molecule has 0 aliphatic carbocycles. The van der Waals surface area contributed by atoms with E-state index in [1.54, 1.807) is 0 Å². The quantitative estimate of drug-likeness (QED) is 0.652. The summed E-state index contributed by atoms with van der Waals surface area (Å²) in [5.41, 5.74) is 6.15. The van der Waals surface area contributed by atoms with Crippen LogP contribution in [0.25, 0.3) is 0 Å². The van der Waals surface area contributed by atoms with Crippen molar-refractivity contribution >= 4 is 5.91 Å². The van der Waals surface area contributed by atoms with Crippen molar-refractivity contribution in [3.8, 4) is 5.75 Å². The Hall–Kier alpha value is -1.55. The lowest BCUT2D eigenvalue weighted by atomic mass is 9.94. The van der Waals surface area contributed by atoms with Crippen LogP contribution >= 0.6 is 0 Å². The number of carbonyl (C=O) groups excluding carboxylic acids is 1. The van der Waals surface area contributed by atoms with E-state index in [1.807, 2.05) is 26.0 Å². The van der Waals surface area contributed by atoms with E-state index in [0.717, 1.165) is 38.0 Å². The average molecular weight is 292 g/mol. The van der Waals surface area contributed by atoms with Gasteiger partial charge in [-0.2, -0.15) is 0 Å². The van der Waals surface area contributed by atoms with Gasteiger partial charge in [0, 0.05) is 0 Å². The van der Waals surface area contributed by atoms with E-state index in [-0.39, 0.29) is 5.91 Å². The molecule has 0 aliphatic heterocycles. The van der Waals surface area contributed by atoms with Crippen LogP contribution in [0.4, 0.5) is 0 Å². The fraction of sp³-hybridized carbons (Fsp3) is 0.588. The maximum atomic E-state index is 11.5. The number of benzene rings is 1. The Morgan fingerprint density at radius 1 is 1.24 bits per heavy atom. The Kier molecular flexibility index (Phi) is 7.23. The van der Waals surface area contributed by atoms with E-state index >= 15 is 0 Å². The summed E-state index contributed by atoms with van der Waals surface area (Å²) >= 11 is 0. The van der Waals surface area contributed by atoms with Gasteiger partial charge in [0.15, 0.2) is 0 Å². The Balaban J connectivity index is 2.28. The summed E-state index contributed by atoms with van der Waals surface area (Å²) < 4.78 is 5.70. The number of likely N-dealkylation sites (N-methyl/N-ethyl adjacent to an activating group) is 1. The highest BCUT2D eigenvalue weighted by Crippen LogP contribution is 2.15. The molecule has 4 heteroatoms. The fourth-order valence-corrected chi connectivity index (χ4v) is 2.28. The Morgan fingerprint density at radius 3 is 2.43 bits per heavy atom. The van der Waals surface area contributed by atoms with Gasteiger partial charge in [-0.3, -0.25) is 4.79 Å². The molecule has 1 atom stereocenters. The summed E-state index contributed by atoms with van der Waals surface area (Å²) in [6.45, 7) is 7.37. The first-order valence-electron chi connectivity index (χ1n) is 7.78. The van der Waals surface area contributed by atoms with Crippen molar-refractivity contribution in [2.45, 2.75) is 52.0 Å². The molecular weight excluding hydrogens is 264 g/mol. The zero-order chi connectivity index (χ0) is 15.7. The van der Waals surface area contributed by atoms with Gasteiger partial charge < -0.3 is 15.8 Å². The van der Waals surface area contributed by atoms with Gasteiger partial charge in [-0.25, -0.2) is 0 Å². The minimum absolute atomic E-state index is 0.291. The Bertz CT molecular complexity index is 431. The highest BCUT2D eigenvalue weighted by molar-refractivity contribution is 5.84. The fourth-order valence-electron chi connectivity index (χ4n) is 2.28. The molecule has 118 valence electrons. The number of rotatable bonds is 10. The second-order valence-corrected chi connectivity index (χ2v) is 5.53. The van der Waals surface area contributed by atoms with Gasteiger partial charge in [0.2, 0.25) is 5.91 Å². The third-order valence-electron chi connectivity index (χ3n) is 3.78. The maximum Gasteiger partial charge on any atom is 0.237 e. The van der Waals surface area contributed by atoms with E-state index in [1.165, 1.54) is 5.56 Å². The molecule has 0 bridgehead atoms. The van der Waals surface area contributed by atoms with Crippen molar-refractivity contribution in [1.29, 1.82) is 0 Å². The molecule has 0 radical (unpaired) electrons. The van der Waals surface area contributed by atoms with Crippen LogP contribution in [0.3, 0.4) is 0 Å². The molecule has 0 saturated carbocycles. The van der Waals surface area contributed by atoms with Crippen molar-refractivity contribution in [1.82, 2.24) is 5.32 Å². The van der Waals surface area contributed by atoms with Crippen LogP contribution in [-0.2, 0) is 11.2 Å². The number of amides is 1. The third kappa shape index (κ3) is 5.76. The predicted octanol–water partition coefficient (Wildman–Crippen LogP) is 2.65. The monoisotopic (exact) mass is 292 g/mol. The number of hydrogen-bond acceptors (Lipinski definition) is 3. The topological polar surface area (TPSA) is 64.3 Å². The summed E-state index contributed by atoms with van der Waals surface area (Å²) in [6, 6.07) is 8.19. The molecule has 1 aromatic carbocycles. The summed E-state index contributed by atoms with van der Waals surface area (Å²) in [6.07, 6.45) is 3.58. The number of primary amides is 1. The minimum atomic E-state index is -0.614. The molecule has 0 aromatic heterocycles. The predicted molar refractivity (Wildman–Crippen MR) is 86.4 cm³/mol. The molecule has 0 saturated heterocycles. The molecule has 0 spiro atoms. The number of nitrogens with two attached hydrogens (primary N) is 1. The van der Waals surface area contributed by atoms with Crippen LogP contribution in [-0.4, -0.2) is 24.6 Å². The molecule has 21 heavy (non-hydrogen) atoms. The highest BCUT2D eigenvalue weighted by Gasteiger charge is 2.28. The van der Waals surface area contributed by atoms with E-state index in [2.05, 4.69) is 24.4 Å². The van der Waals surface area contributed by atoms with E-state index in [9.17, 15) is 4.79 Å². The van der Waals surface area contributed by atoms with E-state index in [0.29, 0.717) is 6.61 Å². The number of aryl methyl sites for hydroxylation is 1. The first-order valence-corrected chi connectivity index (χ1v) is 7.78. The van der Waals surface area contributed by atoms with Gasteiger partial charge in [-0.1, -0.05) is 26.0 Å². The number of unbranched alkanes of at least 4 members (excludes halogenated alkanes) is 1. The van der Waals surface area contributed by atoms with Crippen LogP contribution in [0, 0.1) is 0 Å². The van der Waals surface area contributed by atoms with E-state index < -0.39 is 5.54 Å². The van der Waals surface area contributed by atoms with Crippen molar-refractivity contribution in [3.63, 3.8) is 0 Å². The molecule has 0 aliphatic rings. The Labute approximate surface area is 128 Å². The summed E-state index contributed by atoms with van der Waals surface area (Å²) in [5, 5.41) is 3.16. The zero-order valence-corrected chi connectivity index (χ0v) is 13.4. The summed E-state index contributed by atoms with van der Waals surface area (Å²) in [7, 11) is 0. The molecule has 1 amide bonds. The van der Waals surface area contributed by atoms with Crippen LogP contribution in [0.15, 0.2) is 24.3 Å². The molecule has 1 unspecified atom stereocenters. The molecule has 1 rings (SSSR count). The summed E-state index contributed by atoms with van der Waals surface area (Å²) in [5.74, 6) is 0.608. The lowest BCUT2D eigenvalue weighted by Crippen LogP contribution is -2.53. The van der Waals surface area contributed by atoms with E-state index in [4.69, 9.17) is 10.5 Å². The van der Waals surface area contributed by atoms with Gasteiger partial charge in [0.25, 0.3) is 0 Å². The summed E-state index contributed by atoms with van der Waals surface area (Å²) in [4.78, 5) is 11.5. The first-order chi connectivity index (χ1) is 10.0. The van der Waals surface area contributed by atoms with Gasteiger partial charge in [0.1, 0.15) is 5.75 Å². The minimum Gasteiger partial charge on any atom is -0.494 e. The van der Waals surface area contributed by atoms with Crippen molar-refractivity contribution in [3.05, 3.63) is 29.8 Å². The maximum absolute atomic E-state index is 11.5. The van der Waals surface area contributed by atoms with Gasteiger partial charge in [-0.15, -0.1) is 0 Å². The zero-order valence-electron chi connectivity index (χ0n) is 13.4. The molecule has 3 N–H and O–H groups in total. The largest absolute Gasteiger partial charge is 0.494 e. The van der Waals surface area contributed by atoms with Crippen LogP contribution < -0.4 is 15.8 Å². The van der Waals surface area contributed by atoms with Crippen molar-refractivity contribution < 1.29 is 9.53 Å². The lowest BCUT2D eigenvalue weighted by Gasteiger charge is -2.26. The van der Waals surface area contributed by atoms with Gasteiger partial charge in [0.05, 0.1) is 12.1 Å².